The lowest BCUT2D eigenvalue weighted by Crippen LogP contribution is -2.52. The molecule has 0 aromatic heterocycles. The zero-order valence-electron chi connectivity index (χ0n) is 11.0. The third-order valence-corrected chi connectivity index (χ3v) is 4.84. The Kier molecular flexibility index (Phi) is 4.28. The number of piperazine rings is 1. The van der Waals surface area contributed by atoms with Crippen LogP contribution in [0.15, 0.2) is 24.3 Å². The smallest absolute Gasteiger partial charge is 0.279 e. The average molecular weight is 284 g/mol. The van der Waals surface area contributed by atoms with Gasteiger partial charge >= 0.3 is 0 Å². The minimum Gasteiger partial charge on any atom is -0.399 e. The molecule has 6 nitrogen and oxygen atoms in total. The molecular weight excluding hydrogens is 264 g/mol. The maximum atomic E-state index is 11.9. The monoisotopic (exact) mass is 284 g/mol. The van der Waals surface area contributed by atoms with Crippen LogP contribution in [0.5, 0.6) is 0 Å². The lowest BCUT2D eigenvalue weighted by Gasteiger charge is -2.35. The van der Waals surface area contributed by atoms with Gasteiger partial charge in [-0.2, -0.15) is 12.7 Å². The van der Waals surface area contributed by atoms with Crippen molar-refractivity contribution in [3.8, 4) is 0 Å². The molecule has 1 heterocycles. The van der Waals surface area contributed by atoms with Crippen LogP contribution in [0.1, 0.15) is 6.92 Å². The number of nitrogens with two attached hydrogens (primary N) is 1. The molecule has 0 unspecified atom stereocenters. The van der Waals surface area contributed by atoms with Crippen LogP contribution in [0.4, 0.5) is 11.4 Å². The number of hydrogen-bond acceptors (Lipinski definition) is 4. The van der Waals surface area contributed by atoms with Crippen molar-refractivity contribution in [2.75, 3.05) is 43.4 Å². The van der Waals surface area contributed by atoms with Crippen LogP contribution in [0, 0.1) is 0 Å². The van der Waals surface area contributed by atoms with Crippen LogP contribution < -0.4 is 15.4 Å². The van der Waals surface area contributed by atoms with Gasteiger partial charge in [0.2, 0.25) is 0 Å². The molecule has 2 rings (SSSR count). The number of nitrogen functional groups attached to an aromatic ring is 1. The van der Waals surface area contributed by atoms with Gasteiger partial charge < -0.3 is 10.6 Å². The second kappa shape index (κ2) is 5.77. The summed E-state index contributed by atoms with van der Waals surface area (Å²) in [6.07, 6.45) is 0. The highest BCUT2D eigenvalue weighted by Gasteiger charge is 2.26. The average Bonchev–Trinajstić information content (AvgIpc) is 2.39. The van der Waals surface area contributed by atoms with E-state index in [1.807, 2.05) is 24.3 Å². The Hall–Kier alpha value is -1.31. The van der Waals surface area contributed by atoms with E-state index in [9.17, 15) is 8.42 Å². The predicted octanol–water partition coefficient (Wildman–Crippen LogP) is 0.245. The zero-order valence-corrected chi connectivity index (χ0v) is 11.9. The quantitative estimate of drug-likeness (QED) is 0.777. The van der Waals surface area contributed by atoms with Gasteiger partial charge in [-0.05, 0) is 18.2 Å². The molecule has 1 saturated heterocycles. The van der Waals surface area contributed by atoms with Crippen molar-refractivity contribution in [3.63, 3.8) is 0 Å². The molecule has 0 aliphatic carbocycles. The van der Waals surface area contributed by atoms with E-state index in [0.717, 1.165) is 11.4 Å². The van der Waals surface area contributed by atoms with E-state index in [1.54, 1.807) is 6.92 Å². The Bertz CT molecular complexity index is 524. The molecule has 1 fully saturated rings. The summed E-state index contributed by atoms with van der Waals surface area (Å²) >= 11 is 0. The summed E-state index contributed by atoms with van der Waals surface area (Å²) in [4.78, 5) is 2.15. The maximum absolute atomic E-state index is 11.9. The summed E-state index contributed by atoms with van der Waals surface area (Å²) in [7, 11) is -3.32. The van der Waals surface area contributed by atoms with E-state index >= 15 is 0 Å². The third kappa shape index (κ3) is 3.37. The van der Waals surface area contributed by atoms with Crippen molar-refractivity contribution in [2.24, 2.45) is 0 Å². The summed E-state index contributed by atoms with van der Waals surface area (Å²) in [6, 6.07) is 7.65. The minimum absolute atomic E-state index is 0.414. The summed E-state index contributed by atoms with van der Waals surface area (Å²) < 4.78 is 27.7. The fourth-order valence-corrected chi connectivity index (χ4v) is 3.37. The molecule has 3 N–H and O–H groups in total. The van der Waals surface area contributed by atoms with Gasteiger partial charge in [-0.15, -0.1) is 0 Å². The number of hydrogen-bond donors (Lipinski definition) is 2. The summed E-state index contributed by atoms with van der Waals surface area (Å²) in [6.45, 7) is 4.52. The van der Waals surface area contributed by atoms with Crippen LogP contribution in [0.3, 0.4) is 0 Å². The van der Waals surface area contributed by atoms with E-state index in [2.05, 4.69) is 9.62 Å². The molecule has 19 heavy (non-hydrogen) atoms. The fraction of sp³-hybridized carbons (Fsp3) is 0.500. The van der Waals surface area contributed by atoms with Crippen LogP contribution in [-0.4, -0.2) is 45.4 Å². The van der Waals surface area contributed by atoms with Gasteiger partial charge in [-0.3, -0.25) is 0 Å². The van der Waals surface area contributed by atoms with Gasteiger partial charge in [0.15, 0.2) is 0 Å². The van der Waals surface area contributed by atoms with E-state index in [-0.39, 0.29) is 0 Å². The van der Waals surface area contributed by atoms with E-state index < -0.39 is 10.2 Å². The Balaban J connectivity index is 2.00. The van der Waals surface area contributed by atoms with Gasteiger partial charge in [0, 0.05) is 44.1 Å². The highest BCUT2D eigenvalue weighted by Crippen LogP contribution is 2.19. The SMILES string of the molecule is CCNS(=O)(=O)N1CCN(c2cccc(N)c2)CC1. The third-order valence-electron chi connectivity index (χ3n) is 3.14. The van der Waals surface area contributed by atoms with Gasteiger partial charge in [-0.1, -0.05) is 13.0 Å². The van der Waals surface area contributed by atoms with E-state index in [0.29, 0.717) is 32.7 Å². The number of nitrogens with one attached hydrogen (secondary N) is 1. The fourth-order valence-electron chi connectivity index (χ4n) is 2.18. The first-order valence-corrected chi connectivity index (χ1v) is 7.82. The molecule has 0 spiro atoms. The van der Waals surface area contributed by atoms with E-state index in [1.165, 1.54) is 4.31 Å². The molecule has 1 aliphatic heterocycles. The van der Waals surface area contributed by atoms with Gasteiger partial charge in [-0.25, -0.2) is 4.72 Å². The van der Waals surface area contributed by atoms with Crippen LogP contribution in [0.2, 0.25) is 0 Å². The lowest BCUT2D eigenvalue weighted by molar-refractivity contribution is 0.379. The summed E-state index contributed by atoms with van der Waals surface area (Å²) in [5.74, 6) is 0. The van der Waals surface area contributed by atoms with Gasteiger partial charge in [0.05, 0.1) is 0 Å². The lowest BCUT2D eigenvalue weighted by atomic mass is 10.2. The first-order valence-electron chi connectivity index (χ1n) is 6.38. The summed E-state index contributed by atoms with van der Waals surface area (Å²) in [5, 5.41) is 0. The standard InChI is InChI=1S/C12H20N4O2S/c1-2-14-19(17,18)16-8-6-15(7-9-16)12-5-3-4-11(13)10-12/h3-5,10,14H,2,6-9,13H2,1H3. The molecular formula is C12H20N4O2S. The van der Waals surface area contributed by atoms with Crippen molar-refractivity contribution in [1.29, 1.82) is 0 Å². The van der Waals surface area contributed by atoms with E-state index in [4.69, 9.17) is 5.73 Å². The molecule has 0 amide bonds. The molecule has 0 atom stereocenters. The van der Waals surface area contributed by atoms with Crippen molar-refractivity contribution in [3.05, 3.63) is 24.3 Å². The molecule has 0 radical (unpaired) electrons. The van der Waals surface area contributed by atoms with Crippen molar-refractivity contribution >= 4 is 21.6 Å². The van der Waals surface area contributed by atoms with Crippen LogP contribution in [0.25, 0.3) is 0 Å². The molecule has 0 saturated carbocycles. The Morgan fingerprint density at radius 3 is 2.53 bits per heavy atom. The first-order chi connectivity index (χ1) is 9.03. The highest BCUT2D eigenvalue weighted by molar-refractivity contribution is 7.87. The Morgan fingerprint density at radius 1 is 1.26 bits per heavy atom. The Morgan fingerprint density at radius 2 is 1.95 bits per heavy atom. The molecule has 0 bridgehead atoms. The van der Waals surface area contributed by atoms with Crippen molar-refractivity contribution in [2.45, 2.75) is 6.92 Å². The topological polar surface area (TPSA) is 78.7 Å². The predicted molar refractivity (Wildman–Crippen MR) is 77.2 cm³/mol. The zero-order chi connectivity index (χ0) is 13.9. The van der Waals surface area contributed by atoms with Gasteiger partial charge in [0.1, 0.15) is 0 Å². The maximum Gasteiger partial charge on any atom is 0.279 e. The molecule has 1 aromatic carbocycles. The molecule has 1 aromatic rings. The highest BCUT2D eigenvalue weighted by atomic mass is 32.2. The van der Waals surface area contributed by atoms with Crippen LogP contribution in [-0.2, 0) is 10.2 Å². The second-order valence-electron chi connectivity index (χ2n) is 4.48. The number of anilines is 2. The normalized spacial score (nSPS) is 17.6. The number of benzene rings is 1. The largest absolute Gasteiger partial charge is 0.399 e. The van der Waals surface area contributed by atoms with Crippen LogP contribution >= 0.6 is 0 Å². The van der Waals surface area contributed by atoms with Gasteiger partial charge in [0.25, 0.3) is 10.2 Å². The summed E-state index contributed by atoms with van der Waals surface area (Å²) in [5.41, 5.74) is 7.52. The molecule has 1 aliphatic rings. The second-order valence-corrected chi connectivity index (χ2v) is 6.24. The minimum atomic E-state index is -3.32. The molecule has 106 valence electrons. The number of nitrogens with zero attached hydrogens (tertiary/aromatic N) is 2. The molecule has 7 heteroatoms. The van der Waals surface area contributed by atoms with Crippen molar-refractivity contribution in [1.82, 2.24) is 9.03 Å². The first kappa shape index (κ1) is 14.1. The Labute approximate surface area is 114 Å². The number of rotatable bonds is 4. The van der Waals surface area contributed by atoms with Crippen molar-refractivity contribution < 1.29 is 8.42 Å².